The Kier molecular flexibility index (Phi) is 6.59. The number of aliphatic hydroxyl groups excluding tert-OH is 2. The molecule has 27 heavy (non-hydrogen) atoms. The van der Waals surface area contributed by atoms with Crippen LogP contribution in [-0.2, 0) is 17.5 Å². The van der Waals surface area contributed by atoms with E-state index in [4.69, 9.17) is 4.74 Å². The van der Waals surface area contributed by atoms with Gasteiger partial charge in [-0.15, -0.1) is 0 Å². The lowest BCUT2D eigenvalue weighted by Gasteiger charge is -2.19. The van der Waals surface area contributed by atoms with Crippen molar-refractivity contribution in [3.05, 3.63) is 69.6 Å². The molecule has 7 nitrogen and oxygen atoms in total. The minimum atomic E-state index is -4.91. The van der Waals surface area contributed by atoms with Gasteiger partial charge >= 0.3 is 12.3 Å². The average molecular weight is 386 g/mol. The fourth-order valence-corrected chi connectivity index (χ4v) is 2.18. The van der Waals surface area contributed by atoms with E-state index >= 15 is 0 Å². The van der Waals surface area contributed by atoms with Gasteiger partial charge in [-0.3, -0.25) is 4.79 Å². The Morgan fingerprint density at radius 1 is 1.22 bits per heavy atom. The summed E-state index contributed by atoms with van der Waals surface area (Å²) in [6.45, 7) is -0.491. The summed E-state index contributed by atoms with van der Waals surface area (Å²) in [5.74, 6) is 0. The van der Waals surface area contributed by atoms with Crippen molar-refractivity contribution >= 4 is 6.09 Å². The SMILES string of the molecule is O=C(NCC(O)C(O)c1c[nH]c(=O)c(C(F)(F)F)c1)OCc1ccccc1. The highest BCUT2D eigenvalue weighted by molar-refractivity contribution is 5.67. The maximum atomic E-state index is 12.7. The molecule has 0 radical (unpaired) electrons. The Morgan fingerprint density at radius 2 is 1.89 bits per heavy atom. The molecule has 1 heterocycles. The maximum absolute atomic E-state index is 12.7. The number of H-pyrrole nitrogens is 1. The van der Waals surface area contributed by atoms with E-state index in [1.807, 2.05) is 4.98 Å². The maximum Gasteiger partial charge on any atom is 0.421 e. The highest BCUT2D eigenvalue weighted by Crippen LogP contribution is 2.28. The number of carbonyl (C=O) groups excluding carboxylic acids is 1. The highest BCUT2D eigenvalue weighted by Gasteiger charge is 2.35. The van der Waals surface area contributed by atoms with Gasteiger partial charge in [0, 0.05) is 18.3 Å². The van der Waals surface area contributed by atoms with Gasteiger partial charge in [0.05, 0.1) is 0 Å². The van der Waals surface area contributed by atoms with Crippen molar-refractivity contribution in [2.24, 2.45) is 0 Å². The van der Waals surface area contributed by atoms with E-state index in [0.29, 0.717) is 6.07 Å². The predicted octanol–water partition coefficient (Wildman–Crippen LogP) is 1.71. The number of pyridine rings is 1. The molecule has 2 aromatic rings. The molecule has 0 fully saturated rings. The molecule has 0 saturated heterocycles. The fraction of sp³-hybridized carbons (Fsp3) is 0.294. The molecular formula is C17H17F3N2O5. The summed E-state index contributed by atoms with van der Waals surface area (Å²) in [5.41, 5.74) is -2.48. The number of aromatic amines is 1. The van der Waals surface area contributed by atoms with Crippen LogP contribution in [-0.4, -0.2) is 33.9 Å². The second-order valence-corrected chi connectivity index (χ2v) is 5.63. The summed E-state index contributed by atoms with van der Waals surface area (Å²) in [6, 6.07) is 9.23. The molecule has 0 aliphatic carbocycles. The predicted molar refractivity (Wildman–Crippen MR) is 87.7 cm³/mol. The first-order chi connectivity index (χ1) is 12.7. The first kappa shape index (κ1) is 20.5. The summed E-state index contributed by atoms with van der Waals surface area (Å²) in [4.78, 5) is 24.7. The molecular weight excluding hydrogens is 369 g/mol. The minimum Gasteiger partial charge on any atom is -0.445 e. The molecule has 1 aromatic carbocycles. The van der Waals surface area contributed by atoms with Crippen LogP contribution >= 0.6 is 0 Å². The number of amides is 1. The summed E-state index contributed by atoms with van der Waals surface area (Å²) in [5, 5.41) is 22.0. The zero-order valence-corrected chi connectivity index (χ0v) is 13.9. The topological polar surface area (TPSA) is 112 Å². The number of halogens is 3. The second kappa shape index (κ2) is 8.69. The molecule has 10 heteroatoms. The Bertz CT molecular complexity index is 823. The van der Waals surface area contributed by atoms with E-state index in [1.165, 1.54) is 0 Å². The molecule has 2 unspecified atom stereocenters. The van der Waals surface area contributed by atoms with E-state index in [9.17, 15) is 33.0 Å². The van der Waals surface area contributed by atoms with Crippen molar-refractivity contribution < 1.29 is 32.9 Å². The van der Waals surface area contributed by atoms with Crippen molar-refractivity contribution in [3.63, 3.8) is 0 Å². The Labute approximate surface area is 151 Å². The van der Waals surface area contributed by atoms with Gasteiger partial charge in [0.1, 0.15) is 24.4 Å². The summed E-state index contributed by atoms with van der Waals surface area (Å²) in [6.07, 6.45) is -8.31. The van der Waals surface area contributed by atoms with Crippen LogP contribution in [0.4, 0.5) is 18.0 Å². The number of hydrogen-bond donors (Lipinski definition) is 4. The average Bonchev–Trinajstić information content (AvgIpc) is 2.64. The van der Waals surface area contributed by atoms with Gasteiger partial charge in [-0.1, -0.05) is 30.3 Å². The van der Waals surface area contributed by atoms with Crippen LogP contribution in [0, 0.1) is 0 Å². The third-order valence-corrected chi connectivity index (χ3v) is 3.61. The summed E-state index contributed by atoms with van der Waals surface area (Å²) in [7, 11) is 0. The molecule has 0 bridgehead atoms. The summed E-state index contributed by atoms with van der Waals surface area (Å²) >= 11 is 0. The standard InChI is InChI=1S/C17H17F3N2O5/c18-17(19,20)12-6-11(7-21-15(12)25)14(24)13(23)8-22-16(26)27-9-10-4-2-1-3-5-10/h1-7,13-14,23-24H,8-9H2,(H,21,25)(H,22,26). The Morgan fingerprint density at radius 3 is 2.52 bits per heavy atom. The van der Waals surface area contributed by atoms with E-state index in [1.54, 1.807) is 30.3 Å². The summed E-state index contributed by atoms with van der Waals surface area (Å²) < 4.78 is 43.1. The van der Waals surface area contributed by atoms with E-state index < -0.39 is 42.1 Å². The van der Waals surface area contributed by atoms with Crippen LogP contribution in [0.2, 0.25) is 0 Å². The number of alkyl carbamates (subject to hydrolysis) is 1. The molecule has 146 valence electrons. The van der Waals surface area contributed by atoms with E-state index in [0.717, 1.165) is 11.8 Å². The largest absolute Gasteiger partial charge is 0.445 e. The smallest absolute Gasteiger partial charge is 0.421 e. The lowest BCUT2D eigenvalue weighted by molar-refractivity contribution is -0.138. The van der Waals surface area contributed by atoms with Crippen LogP contribution in [0.1, 0.15) is 22.8 Å². The number of hydrogen-bond acceptors (Lipinski definition) is 5. The van der Waals surface area contributed by atoms with Crippen LogP contribution < -0.4 is 10.9 Å². The van der Waals surface area contributed by atoms with Gasteiger partial charge in [-0.05, 0) is 11.6 Å². The van der Waals surface area contributed by atoms with Crippen LogP contribution in [0.3, 0.4) is 0 Å². The quantitative estimate of drug-likeness (QED) is 0.604. The molecule has 0 saturated carbocycles. The van der Waals surface area contributed by atoms with E-state index in [2.05, 4.69) is 5.32 Å². The third-order valence-electron chi connectivity index (χ3n) is 3.61. The lowest BCUT2D eigenvalue weighted by atomic mass is 10.0. The zero-order valence-electron chi connectivity index (χ0n) is 13.9. The van der Waals surface area contributed by atoms with Gasteiger partial charge in [0.15, 0.2) is 0 Å². The zero-order chi connectivity index (χ0) is 20.0. The minimum absolute atomic E-state index is 0.0137. The molecule has 0 aliphatic heterocycles. The van der Waals surface area contributed by atoms with Crippen molar-refractivity contribution in [2.45, 2.75) is 25.0 Å². The van der Waals surface area contributed by atoms with Gasteiger partial charge in [0.25, 0.3) is 5.56 Å². The third kappa shape index (κ3) is 5.83. The fourth-order valence-electron chi connectivity index (χ4n) is 2.18. The van der Waals surface area contributed by atoms with Crippen molar-refractivity contribution in [2.75, 3.05) is 6.54 Å². The normalized spacial score (nSPS) is 13.7. The molecule has 4 N–H and O–H groups in total. The first-order valence-electron chi connectivity index (χ1n) is 7.79. The number of aliphatic hydroxyl groups is 2. The van der Waals surface area contributed by atoms with Gasteiger partial charge in [-0.25, -0.2) is 4.79 Å². The van der Waals surface area contributed by atoms with Crippen LogP contribution in [0.15, 0.2) is 47.4 Å². The Balaban J connectivity index is 1.91. The van der Waals surface area contributed by atoms with Crippen molar-refractivity contribution in [1.29, 1.82) is 0 Å². The van der Waals surface area contributed by atoms with Crippen molar-refractivity contribution in [3.8, 4) is 0 Å². The number of nitrogens with one attached hydrogen (secondary N) is 2. The number of aromatic nitrogens is 1. The number of alkyl halides is 3. The van der Waals surface area contributed by atoms with Crippen LogP contribution in [0.25, 0.3) is 0 Å². The van der Waals surface area contributed by atoms with Crippen LogP contribution in [0.5, 0.6) is 0 Å². The number of rotatable bonds is 6. The molecule has 2 atom stereocenters. The van der Waals surface area contributed by atoms with Gasteiger partial charge in [-0.2, -0.15) is 13.2 Å². The van der Waals surface area contributed by atoms with Gasteiger partial charge in [0.2, 0.25) is 0 Å². The number of ether oxygens (including phenoxy) is 1. The second-order valence-electron chi connectivity index (χ2n) is 5.63. The molecule has 2 rings (SSSR count). The molecule has 0 spiro atoms. The first-order valence-corrected chi connectivity index (χ1v) is 7.79. The number of carbonyl (C=O) groups is 1. The van der Waals surface area contributed by atoms with Gasteiger partial charge < -0.3 is 25.3 Å². The molecule has 1 aromatic heterocycles. The van der Waals surface area contributed by atoms with Crippen molar-refractivity contribution in [1.82, 2.24) is 10.3 Å². The van der Waals surface area contributed by atoms with E-state index in [-0.39, 0.29) is 12.2 Å². The highest BCUT2D eigenvalue weighted by atomic mass is 19.4. The monoisotopic (exact) mass is 386 g/mol. The molecule has 1 amide bonds. The number of benzene rings is 1. The Hall–Kier alpha value is -2.85. The lowest BCUT2D eigenvalue weighted by Crippen LogP contribution is -2.36. The molecule has 0 aliphatic rings.